The standard InChI is InChI=1S/C14H13ClIN3O2/c15-12-6-9(16)3-4-11(12)14(21)18-8-13(20)19-5-1-2-10(19)7-17/h3-4,6,10H,1-2,5,8H2,(H,18,21). The Balaban J connectivity index is 1.95. The Morgan fingerprint density at radius 1 is 1.52 bits per heavy atom. The normalized spacial score (nSPS) is 17.4. The van der Waals surface area contributed by atoms with Gasteiger partial charge in [0.15, 0.2) is 0 Å². The summed E-state index contributed by atoms with van der Waals surface area (Å²) in [5, 5.41) is 11.9. The lowest BCUT2D eigenvalue weighted by atomic mass is 10.2. The molecule has 110 valence electrons. The van der Waals surface area contributed by atoms with Crippen molar-refractivity contribution in [3.63, 3.8) is 0 Å². The molecular formula is C14H13ClIN3O2. The molecule has 1 saturated heterocycles. The minimum atomic E-state index is -0.391. The summed E-state index contributed by atoms with van der Waals surface area (Å²) in [5.74, 6) is -0.633. The van der Waals surface area contributed by atoms with E-state index in [4.69, 9.17) is 16.9 Å². The quantitative estimate of drug-likeness (QED) is 0.766. The SMILES string of the molecule is N#CC1CCCN1C(=O)CNC(=O)c1ccc(I)cc1Cl. The van der Waals surface area contributed by atoms with Crippen molar-refractivity contribution in [3.8, 4) is 6.07 Å². The van der Waals surface area contributed by atoms with Gasteiger partial charge in [-0.1, -0.05) is 11.6 Å². The molecule has 1 aromatic rings. The maximum Gasteiger partial charge on any atom is 0.253 e. The Morgan fingerprint density at radius 3 is 2.95 bits per heavy atom. The van der Waals surface area contributed by atoms with Gasteiger partial charge in [-0.25, -0.2) is 0 Å². The van der Waals surface area contributed by atoms with Crippen LogP contribution in [-0.4, -0.2) is 35.8 Å². The van der Waals surface area contributed by atoms with E-state index in [1.807, 2.05) is 0 Å². The Morgan fingerprint density at radius 2 is 2.29 bits per heavy atom. The van der Waals surface area contributed by atoms with E-state index in [2.05, 4.69) is 34.0 Å². The Hall–Kier alpha value is -1.33. The largest absolute Gasteiger partial charge is 0.343 e. The summed E-state index contributed by atoms with van der Waals surface area (Å²) in [7, 11) is 0. The highest BCUT2D eigenvalue weighted by Crippen LogP contribution is 2.19. The molecule has 2 amide bonds. The van der Waals surface area contributed by atoms with E-state index >= 15 is 0 Å². The highest BCUT2D eigenvalue weighted by molar-refractivity contribution is 14.1. The number of hydrogen-bond donors (Lipinski definition) is 1. The zero-order valence-electron chi connectivity index (χ0n) is 11.1. The molecule has 1 N–H and O–H groups in total. The number of likely N-dealkylation sites (tertiary alicyclic amines) is 1. The molecule has 2 rings (SSSR count). The van der Waals surface area contributed by atoms with E-state index < -0.39 is 5.91 Å². The van der Waals surface area contributed by atoms with Crippen LogP contribution in [0.3, 0.4) is 0 Å². The second-order valence-electron chi connectivity index (χ2n) is 4.68. The lowest BCUT2D eigenvalue weighted by Crippen LogP contribution is -2.42. The first-order valence-electron chi connectivity index (χ1n) is 6.45. The summed E-state index contributed by atoms with van der Waals surface area (Å²) in [4.78, 5) is 25.5. The maximum atomic E-state index is 12.0. The summed E-state index contributed by atoms with van der Waals surface area (Å²) < 4.78 is 0.930. The number of amides is 2. The van der Waals surface area contributed by atoms with Crippen LogP contribution in [0.4, 0.5) is 0 Å². The van der Waals surface area contributed by atoms with Gasteiger partial charge in [0.25, 0.3) is 5.91 Å². The van der Waals surface area contributed by atoms with E-state index in [1.165, 1.54) is 4.90 Å². The van der Waals surface area contributed by atoms with E-state index in [-0.39, 0.29) is 18.5 Å². The number of halogens is 2. The van der Waals surface area contributed by atoms with Crippen LogP contribution in [0.5, 0.6) is 0 Å². The first kappa shape index (κ1) is 16.0. The lowest BCUT2D eigenvalue weighted by molar-refractivity contribution is -0.130. The number of hydrogen-bond acceptors (Lipinski definition) is 3. The van der Waals surface area contributed by atoms with Gasteiger partial charge in [0.05, 0.1) is 23.2 Å². The topological polar surface area (TPSA) is 73.2 Å². The number of carbonyl (C=O) groups excluding carboxylic acids is 2. The van der Waals surface area contributed by atoms with Crippen LogP contribution in [0.1, 0.15) is 23.2 Å². The van der Waals surface area contributed by atoms with Crippen LogP contribution in [0, 0.1) is 14.9 Å². The fraction of sp³-hybridized carbons (Fsp3) is 0.357. The molecule has 0 bridgehead atoms. The molecule has 1 atom stereocenters. The monoisotopic (exact) mass is 417 g/mol. The Bertz CT molecular complexity index is 615. The fourth-order valence-corrected chi connectivity index (χ4v) is 3.17. The third kappa shape index (κ3) is 3.86. The molecule has 0 spiro atoms. The molecule has 1 aromatic carbocycles. The molecule has 0 radical (unpaired) electrons. The van der Waals surface area contributed by atoms with Gasteiger partial charge in [0.1, 0.15) is 6.04 Å². The third-order valence-corrected chi connectivity index (χ3v) is 4.28. The first-order valence-corrected chi connectivity index (χ1v) is 7.91. The van der Waals surface area contributed by atoms with Crippen LogP contribution < -0.4 is 5.32 Å². The second kappa shape index (κ2) is 7.09. The molecule has 1 aliphatic rings. The third-order valence-electron chi connectivity index (χ3n) is 3.30. The Kier molecular flexibility index (Phi) is 5.42. The van der Waals surface area contributed by atoms with Crippen molar-refractivity contribution in [1.82, 2.24) is 10.2 Å². The minimum Gasteiger partial charge on any atom is -0.343 e. The average Bonchev–Trinajstić information content (AvgIpc) is 2.92. The molecule has 1 aliphatic heterocycles. The summed E-state index contributed by atoms with van der Waals surface area (Å²) in [5.41, 5.74) is 0.336. The number of benzene rings is 1. The van der Waals surface area contributed by atoms with Gasteiger partial charge >= 0.3 is 0 Å². The van der Waals surface area contributed by atoms with E-state index in [0.29, 0.717) is 23.6 Å². The lowest BCUT2D eigenvalue weighted by Gasteiger charge is -2.19. The molecule has 7 heteroatoms. The molecule has 1 heterocycles. The van der Waals surface area contributed by atoms with Crippen molar-refractivity contribution >= 4 is 46.0 Å². The smallest absolute Gasteiger partial charge is 0.253 e. The van der Waals surface area contributed by atoms with Gasteiger partial charge in [-0.3, -0.25) is 9.59 Å². The maximum absolute atomic E-state index is 12.0. The number of rotatable bonds is 3. The predicted octanol–water partition coefficient (Wildman–Crippen LogP) is 2.19. The van der Waals surface area contributed by atoms with Gasteiger partial charge in [0, 0.05) is 10.1 Å². The van der Waals surface area contributed by atoms with Crippen molar-refractivity contribution < 1.29 is 9.59 Å². The number of nitriles is 1. The highest BCUT2D eigenvalue weighted by atomic mass is 127. The van der Waals surface area contributed by atoms with E-state index in [1.54, 1.807) is 18.2 Å². The minimum absolute atomic E-state index is 0.126. The molecule has 1 fully saturated rings. The Labute approximate surface area is 141 Å². The van der Waals surface area contributed by atoms with E-state index in [0.717, 1.165) is 9.99 Å². The number of carbonyl (C=O) groups is 2. The average molecular weight is 418 g/mol. The zero-order chi connectivity index (χ0) is 15.4. The molecule has 0 saturated carbocycles. The van der Waals surface area contributed by atoms with Crippen molar-refractivity contribution in [3.05, 3.63) is 32.4 Å². The van der Waals surface area contributed by atoms with Crippen LogP contribution in [-0.2, 0) is 4.79 Å². The molecule has 21 heavy (non-hydrogen) atoms. The van der Waals surface area contributed by atoms with Crippen LogP contribution in [0.25, 0.3) is 0 Å². The summed E-state index contributed by atoms with van der Waals surface area (Å²) in [6.45, 7) is 0.441. The van der Waals surface area contributed by atoms with Crippen LogP contribution in [0.2, 0.25) is 5.02 Å². The van der Waals surface area contributed by atoms with Gasteiger partial charge < -0.3 is 10.2 Å². The van der Waals surface area contributed by atoms with Crippen molar-refractivity contribution in [2.45, 2.75) is 18.9 Å². The zero-order valence-corrected chi connectivity index (χ0v) is 14.0. The summed E-state index contributed by atoms with van der Waals surface area (Å²) >= 11 is 8.11. The fourth-order valence-electron chi connectivity index (χ4n) is 2.23. The van der Waals surface area contributed by atoms with Crippen molar-refractivity contribution in [2.75, 3.05) is 13.1 Å². The van der Waals surface area contributed by atoms with Gasteiger partial charge in [0.2, 0.25) is 5.91 Å². The summed E-state index contributed by atoms with van der Waals surface area (Å²) in [6, 6.07) is 6.80. The molecular weight excluding hydrogens is 405 g/mol. The van der Waals surface area contributed by atoms with Gasteiger partial charge in [-0.15, -0.1) is 0 Å². The molecule has 5 nitrogen and oxygen atoms in total. The van der Waals surface area contributed by atoms with Crippen molar-refractivity contribution in [1.29, 1.82) is 5.26 Å². The predicted molar refractivity (Wildman–Crippen MR) is 86.9 cm³/mol. The van der Waals surface area contributed by atoms with Crippen molar-refractivity contribution in [2.24, 2.45) is 0 Å². The first-order chi connectivity index (χ1) is 10.0. The molecule has 0 aliphatic carbocycles. The summed E-state index contributed by atoms with van der Waals surface area (Å²) in [6.07, 6.45) is 1.51. The van der Waals surface area contributed by atoms with Gasteiger partial charge in [-0.2, -0.15) is 5.26 Å². The van der Waals surface area contributed by atoms with Crippen LogP contribution in [0.15, 0.2) is 18.2 Å². The van der Waals surface area contributed by atoms with Gasteiger partial charge in [-0.05, 0) is 53.6 Å². The van der Waals surface area contributed by atoms with E-state index in [9.17, 15) is 9.59 Å². The van der Waals surface area contributed by atoms with Crippen LogP contribution >= 0.6 is 34.2 Å². The molecule has 1 unspecified atom stereocenters. The highest BCUT2D eigenvalue weighted by Gasteiger charge is 2.28. The second-order valence-corrected chi connectivity index (χ2v) is 6.33. The number of nitrogens with zero attached hydrogens (tertiary/aromatic N) is 2. The number of nitrogens with one attached hydrogen (secondary N) is 1. The molecule has 0 aromatic heterocycles.